The lowest BCUT2D eigenvalue weighted by Gasteiger charge is -2.22. The maximum Gasteiger partial charge on any atom is 0.215 e. The van der Waals surface area contributed by atoms with Crippen molar-refractivity contribution >= 4 is 31.6 Å². The van der Waals surface area contributed by atoms with Gasteiger partial charge in [-0.1, -0.05) is 0 Å². The summed E-state index contributed by atoms with van der Waals surface area (Å²) < 4.78 is 49.0. The molecule has 1 rings (SSSR count). The number of nitrogens with one attached hydrogen (secondary N) is 1. The maximum atomic E-state index is 12.0. The molecule has 0 saturated carbocycles. The molecule has 108 valence electrons. The Morgan fingerprint density at radius 1 is 1.50 bits per heavy atom. The number of rotatable bonds is 6. The van der Waals surface area contributed by atoms with E-state index in [1.54, 1.807) is 13.2 Å². The van der Waals surface area contributed by atoms with Gasteiger partial charge in [-0.15, -0.1) is 0 Å². The molecule has 1 heterocycles. The van der Waals surface area contributed by atoms with E-state index in [0.717, 1.165) is 0 Å². The van der Waals surface area contributed by atoms with E-state index in [1.165, 1.54) is 11.8 Å². The summed E-state index contributed by atoms with van der Waals surface area (Å²) in [5.74, 6) is -0.378. The lowest BCUT2D eigenvalue weighted by atomic mass is 10.3. The molecule has 6 nitrogen and oxygen atoms in total. The molecule has 0 aromatic heterocycles. The van der Waals surface area contributed by atoms with Crippen LogP contribution in [0.25, 0.3) is 0 Å². The molecular formula is C9H19NO5S3. The van der Waals surface area contributed by atoms with Crippen LogP contribution in [0.1, 0.15) is 13.3 Å². The molecule has 1 saturated heterocycles. The Hall–Kier alpha value is 0.170. The first-order chi connectivity index (χ1) is 8.22. The van der Waals surface area contributed by atoms with Gasteiger partial charge in [-0.05, 0) is 19.6 Å². The lowest BCUT2D eigenvalue weighted by molar-refractivity contribution is 0.282. The fourth-order valence-corrected chi connectivity index (χ4v) is 6.92. The first kappa shape index (κ1) is 16.2. The van der Waals surface area contributed by atoms with Gasteiger partial charge in [0.25, 0.3) is 0 Å². The van der Waals surface area contributed by atoms with Crippen LogP contribution in [0.2, 0.25) is 0 Å². The van der Waals surface area contributed by atoms with Crippen LogP contribution in [0.4, 0.5) is 0 Å². The summed E-state index contributed by atoms with van der Waals surface area (Å²) in [4.78, 5) is 0. The van der Waals surface area contributed by atoms with Crippen molar-refractivity contribution in [1.29, 1.82) is 0 Å². The van der Waals surface area contributed by atoms with Gasteiger partial charge in [0.05, 0.1) is 23.4 Å². The summed E-state index contributed by atoms with van der Waals surface area (Å²) >= 11 is 1.37. The number of aliphatic hydroxyl groups is 1. The highest BCUT2D eigenvalue weighted by Crippen LogP contribution is 2.20. The number of thioether (sulfide) groups is 1. The zero-order valence-electron chi connectivity index (χ0n) is 10.4. The zero-order valence-corrected chi connectivity index (χ0v) is 12.8. The van der Waals surface area contributed by atoms with E-state index in [1.807, 2.05) is 0 Å². The topological polar surface area (TPSA) is 101 Å². The van der Waals surface area contributed by atoms with Crippen LogP contribution in [0.3, 0.4) is 0 Å². The molecule has 0 aliphatic carbocycles. The lowest BCUT2D eigenvalue weighted by Crippen LogP contribution is -2.45. The highest BCUT2D eigenvalue weighted by atomic mass is 32.2. The standard InChI is InChI=1S/C9H19NO5S3/c1-7(9(5-11)16-2)10-18(14,15)8-3-4-17(12,13)6-8/h7-11H,3-6H2,1-2H3. The van der Waals surface area contributed by atoms with Crippen molar-refractivity contribution in [3.8, 4) is 0 Å². The summed E-state index contributed by atoms with van der Waals surface area (Å²) in [6.45, 7) is 1.53. The van der Waals surface area contributed by atoms with Crippen molar-refractivity contribution in [2.24, 2.45) is 0 Å². The van der Waals surface area contributed by atoms with Crippen molar-refractivity contribution in [2.45, 2.75) is 29.9 Å². The Morgan fingerprint density at radius 2 is 2.11 bits per heavy atom. The van der Waals surface area contributed by atoms with Crippen molar-refractivity contribution in [2.75, 3.05) is 24.4 Å². The van der Waals surface area contributed by atoms with Gasteiger partial charge in [0, 0.05) is 11.3 Å². The molecule has 0 spiro atoms. The van der Waals surface area contributed by atoms with E-state index < -0.39 is 31.2 Å². The number of aliphatic hydroxyl groups excluding tert-OH is 1. The van der Waals surface area contributed by atoms with E-state index in [2.05, 4.69) is 4.72 Å². The van der Waals surface area contributed by atoms with E-state index in [-0.39, 0.29) is 29.8 Å². The summed E-state index contributed by atoms with van der Waals surface area (Å²) in [6, 6.07) is -0.432. The normalized spacial score (nSPS) is 26.9. The SMILES string of the molecule is CSC(CO)C(C)NS(=O)(=O)C1CCS(=O)(=O)C1. The van der Waals surface area contributed by atoms with Gasteiger partial charge in [-0.2, -0.15) is 11.8 Å². The molecule has 0 aromatic carbocycles. The quantitative estimate of drug-likeness (QED) is 0.665. The van der Waals surface area contributed by atoms with E-state index in [9.17, 15) is 16.8 Å². The molecule has 9 heteroatoms. The Kier molecular flexibility index (Phi) is 5.48. The Bertz CT molecular complexity index is 468. The average molecular weight is 317 g/mol. The predicted octanol–water partition coefficient (Wildman–Crippen LogP) is -0.795. The van der Waals surface area contributed by atoms with E-state index in [0.29, 0.717) is 0 Å². The second kappa shape index (κ2) is 6.08. The minimum absolute atomic E-state index is 0.0705. The molecule has 0 aromatic rings. The summed E-state index contributed by atoms with van der Waals surface area (Å²) in [5.41, 5.74) is 0. The number of hydrogen-bond donors (Lipinski definition) is 2. The molecule has 1 aliphatic heterocycles. The Balaban J connectivity index is 2.71. The molecule has 0 radical (unpaired) electrons. The summed E-state index contributed by atoms with van der Waals surface area (Å²) in [6.07, 6.45) is 1.93. The van der Waals surface area contributed by atoms with Crippen molar-refractivity contribution in [3.63, 3.8) is 0 Å². The second-order valence-corrected chi connectivity index (χ2v) is 9.73. The molecule has 18 heavy (non-hydrogen) atoms. The van der Waals surface area contributed by atoms with Crippen LogP contribution in [-0.4, -0.2) is 62.9 Å². The second-order valence-electron chi connectivity index (χ2n) is 4.43. The summed E-state index contributed by atoms with van der Waals surface area (Å²) in [7, 11) is -6.87. The maximum absolute atomic E-state index is 12.0. The first-order valence-corrected chi connectivity index (χ1v) is 10.2. The first-order valence-electron chi connectivity index (χ1n) is 5.57. The van der Waals surface area contributed by atoms with Crippen molar-refractivity contribution in [3.05, 3.63) is 0 Å². The van der Waals surface area contributed by atoms with Gasteiger partial charge >= 0.3 is 0 Å². The molecule has 1 fully saturated rings. The Morgan fingerprint density at radius 3 is 2.50 bits per heavy atom. The number of sulfonamides is 1. The van der Waals surface area contributed by atoms with Crippen LogP contribution in [0, 0.1) is 0 Å². The molecule has 3 unspecified atom stereocenters. The Labute approximate surface area is 113 Å². The number of sulfone groups is 1. The predicted molar refractivity (Wildman–Crippen MR) is 73.0 cm³/mol. The van der Waals surface area contributed by atoms with Gasteiger partial charge in [0.2, 0.25) is 10.0 Å². The number of hydrogen-bond acceptors (Lipinski definition) is 6. The molecule has 0 amide bonds. The average Bonchev–Trinajstić information content (AvgIpc) is 2.60. The third kappa shape index (κ3) is 4.09. The summed E-state index contributed by atoms with van der Waals surface area (Å²) in [5, 5.41) is 7.98. The third-order valence-corrected chi connectivity index (χ3v) is 8.14. The van der Waals surface area contributed by atoms with Crippen LogP contribution < -0.4 is 4.72 Å². The van der Waals surface area contributed by atoms with Crippen molar-refractivity contribution in [1.82, 2.24) is 4.72 Å². The smallest absolute Gasteiger partial charge is 0.215 e. The van der Waals surface area contributed by atoms with Crippen molar-refractivity contribution < 1.29 is 21.9 Å². The molecule has 0 bridgehead atoms. The molecule has 2 N–H and O–H groups in total. The fraction of sp³-hybridized carbons (Fsp3) is 1.00. The highest BCUT2D eigenvalue weighted by Gasteiger charge is 2.38. The molecular weight excluding hydrogens is 298 g/mol. The van der Waals surface area contributed by atoms with Gasteiger partial charge < -0.3 is 5.11 Å². The van der Waals surface area contributed by atoms with Gasteiger partial charge in [-0.25, -0.2) is 21.6 Å². The minimum atomic E-state index is -3.65. The zero-order chi connectivity index (χ0) is 14.0. The fourth-order valence-electron chi connectivity index (χ4n) is 1.87. The van der Waals surface area contributed by atoms with Crippen LogP contribution in [0.5, 0.6) is 0 Å². The van der Waals surface area contributed by atoms with Gasteiger partial charge in [-0.3, -0.25) is 0 Å². The van der Waals surface area contributed by atoms with Gasteiger partial charge in [0.1, 0.15) is 0 Å². The monoisotopic (exact) mass is 317 g/mol. The minimum Gasteiger partial charge on any atom is -0.395 e. The van der Waals surface area contributed by atoms with Crippen LogP contribution in [0.15, 0.2) is 0 Å². The molecule has 3 atom stereocenters. The van der Waals surface area contributed by atoms with Gasteiger partial charge in [0.15, 0.2) is 9.84 Å². The largest absolute Gasteiger partial charge is 0.395 e. The third-order valence-electron chi connectivity index (χ3n) is 3.02. The highest BCUT2D eigenvalue weighted by molar-refractivity contribution is 7.99. The van der Waals surface area contributed by atoms with Crippen LogP contribution in [-0.2, 0) is 19.9 Å². The van der Waals surface area contributed by atoms with E-state index >= 15 is 0 Å². The van der Waals surface area contributed by atoms with Crippen LogP contribution >= 0.6 is 11.8 Å². The molecule has 1 aliphatic rings. The van der Waals surface area contributed by atoms with E-state index in [4.69, 9.17) is 5.11 Å².